The van der Waals surface area contributed by atoms with Gasteiger partial charge in [-0.1, -0.05) is 0 Å². The molecule has 1 fully saturated rings. The van der Waals surface area contributed by atoms with Crippen LogP contribution in [0.1, 0.15) is 11.8 Å². The average molecular weight is 421 g/mol. The van der Waals surface area contributed by atoms with Gasteiger partial charge in [0, 0.05) is 43.8 Å². The van der Waals surface area contributed by atoms with Gasteiger partial charge in [0.25, 0.3) is 12.0 Å². The van der Waals surface area contributed by atoms with Crippen LogP contribution in [0, 0.1) is 0 Å². The van der Waals surface area contributed by atoms with Crippen molar-refractivity contribution in [2.75, 3.05) is 37.6 Å². The fourth-order valence-corrected chi connectivity index (χ4v) is 4.14. The highest BCUT2D eigenvalue weighted by molar-refractivity contribution is 7.07. The van der Waals surface area contributed by atoms with Crippen LogP contribution in [0.2, 0.25) is 0 Å². The van der Waals surface area contributed by atoms with Gasteiger partial charge >= 0.3 is 0 Å². The second-order valence-electron chi connectivity index (χ2n) is 7.01. The van der Waals surface area contributed by atoms with Crippen molar-refractivity contribution in [3.05, 3.63) is 51.5 Å². The van der Waals surface area contributed by atoms with Crippen LogP contribution >= 0.6 is 11.3 Å². The zero-order chi connectivity index (χ0) is 20.4. The Labute approximate surface area is 169 Å². The minimum Gasteiger partial charge on any atom is -0.385 e. The number of fused-ring (bicyclic) bond motifs is 1. The maximum absolute atomic E-state index is 12.6. The topological polar surface area (TPSA) is 74.5 Å². The van der Waals surface area contributed by atoms with Gasteiger partial charge in [0.1, 0.15) is 6.10 Å². The number of nitrogens with zero attached hydrogens (tertiary/aromatic N) is 5. The molecule has 4 rings (SSSR count). The average Bonchev–Trinajstić information content (AvgIpc) is 3.25. The fourth-order valence-electron chi connectivity index (χ4n) is 3.54. The molecule has 1 atom stereocenters. The molecule has 1 saturated heterocycles. The van der Waals surface area contributed by atoms with E-state index < -0.39 is 24.6 Å². The van der Waals surface area contributed by atoms with Gasteiger partial charge in [-0.15, -0.1) is 11.3 Å². The number of alkyl halides is 2. The molecule has 1 aliphatic heterocycles. The molecule has 1 aromatic carbocycles. The predicted molar refractivity (Wildman–Crippen MR) is 108 cm³/mol. The van der Waals surface area contributed by atoms with Crippen LogP contribution in [-0.2, 0) is 6.54 Å². The van der Waals surface area contributed by atoms with E-state index in [1.54, 1.807) is 11.6 Å². The molecule has 7 nitrogen and oxygen atoms in total. The molecule has 3 heterocycles. The zero-order valence-electron chi connectivity index (χ0n) is 15.6. The molecule has 0 bridgehead atoms. The molecule has 0 amide bonds. The Balaban J connectivity index is 1.42. The molecule has 0 radical (unpaired) electrons. The summed E-state index contributed by atoms with van der Waals surface area (Å²) in [6.07, 6.45) is -2.01. The maximum Gasteiger partial charge on any atom is 0.261 e. The Morgan fingerprint density at radius 2 is 1.93 bits per heavy atom. The molecular formula is C19H21F2N5O2S. The van der Waals surface area contributed by atoms with E-state index in [0.29, 0.717) is 23.1 Å². The van der Waals surface area contributed by atoms with E-state index in [-0.39, 0.29) is 0 Å². The third-order valence-electron chi connectivity index (χ3n) is 5.10. The van der Waals surface area contributed by atoms with Crippen LogP contribution < -0.4 is 10.5 Å². The smallest absolute Gasteiger partial charge is 0.261 e. The first kappa shape index (κ1) is 19.9. The predicted octanol–water partition coefficient (Wildman–Crippen LogP) is 1.97. The molecule has 154 valence electrons. The van der Waals surface area contributed by atoms with Gasteiger partial charge < -0.3 is 10.0 Å². The van der Waals surface area contributed by atoms with Gasteiger partial charge in [0.15, 0.2) is 0 Å². The number of thiazole rings is 1. The van der Waals surface area contributed by atoms with Gasteiger partial charge in [-0.25, -0.2) is 18.7 Å². The molecule has 29 heavy (non-hydrogen) atoms. The number of hydrogen-bond donors (Lipinski definition) is 1. The normalized spacial score (nSPS) is 16.6. The summed E-state index contributed by atoms with van der Waals surface area (Å²) in [6.45, 7) is 3.03. The van der Waals surface area contributed by atoms with Crippen molar-refractivity contribution >= 4 is 27.9 Å². The number of anilines is 1. The summed E-state index contributed by atoms with van der Waals surface area (Å²) in [5, 5.41) is 12.5. The number of piperazine rings is 1. The first-order valence-electron chi connectivity index (χ1n) is 9.32. The number of hydrogen-bond acceptors (Lipinski definition) is 7. The van der Waals surface area contributed by atoms with Crippen LogP contribution in [0.25, 0.3) is 10.9 Å². The Morgan fingerprint density at radius 1 is 1.14 bits per heavy atom. The molecule has 0 saturated carbocycles. The van der Waals surface area contributed by atoms with E-state index in [4.69, 9.17) is 0 Å². The molecule has 0 spiro atoms. The number of benzene rings is 1. The number of aliphatic hydroxyl groups is 1. The van der Waals surface area contributed by atoms with Gasteiger partial charge in [-0.2, -0.15) is 0 Å². The van der Waals surface area contributed by atoms with Crippen molar-refractivity contribution in [3.63, 3.8) is 0 Å². The number of β-amino-alcohol motifs (C(OH)–C–C–N with tert-alkyl or cyclic N) is 1. The van der Waals surface area contributed by atoms with Crippen molar-refractivity contribution in [1.29, 1.82) is 0 Å². The van der Waals surface area contributed by atoms with E-state index in [0.717, 1.165) is 36.4 Å². The van der Waals surface area contributed by atoms with Crippen molar-refractivity contribution in [2.24, 2.45) is 0 Å². The molecule has 1 N–H and O–H groups in total. The van der Waals surface area contributed by atoms with Crippen LogP contribution in [0.4, 0.5) is 14.5 Å². The van der Waals surface area contributed by atoms with Crippen molar-refractivity contribution < 1.29 is 13.9 Å². The summed E-state index contributed by atoms with van der Waals surface area (Å²) in [5.74, 6) is 0. The number of halogens is 2. The van der Waals surface area contributed by atoms with Gasteiger partial charge in [-0.05, 0) is 18.2 Å². The number of aromatic nitrogens is 3. The first-order chi connectivity index (χ1) is 14.0. The van der Waals surface area contributed by atoms with Crippen LogP contribution in [-0.4, -0.2) is 63.7 Å². The van der Waals surface area contributed by atoms with Crippen molar-refractivity contribution in [3.8, 4) is 0 Å². The molecule has 1 aliphatic rings. The summed E-state index contributed by atoms with van der Waals surface area (Å²) < 4.78 is 26.1. The highest BCUT2D eigenvalue weighted by Crippen LogP contribution is 2.22. The lowest BCUT2D eigenvalue weighted by atomic mass is 10.1. The number of aliphatic hydroxyl groups excluding tert-OH is 1. The SMILES string of the molecule is O=c1c2ccc(N3CCN(CC(O)c4cscn4)CC3)cc2ncn1CC(F)F. The summed E-state index contributed by atoms with van der Waals surface area (Å²) >= 11 is 1.47. The molecule has 2 aromatic heterocycles. The van der Waals surface area contributed by atoms with Gasteiger partial charge in [-0.3, -0.25) is 14.3 Å². The summed E-state index contributed by atoms with van der Waals surface area (Å²) in [6, 6.07) is 5.31. The Kier molecular flexibility index (Phi) is 5.84. The van der Waals surface area contributed by atoms with Gasteiger partial charge in [0.2, 0.25) is 0 Å². The van der Waals surface area contributed by atoms with Gasteiger partial charge in [0.05, 0.1) is 35.0 Å². The second-order valence-corrected chi connectivity index (χ2v) is 7.73. The molecule has 0 aliphatic carbocycles. The highest BCUT2D eigenvalue weighted by Gasteiger charge is 2.21. The molecular weight excluding hydrogens is 400 g/mol. The summed E-state index contributed by atoms with van der Waals surface area (Å²) in [7, 11) is 0. The minimum absolute atomic E-state index is 0.335. The fraction of sp³-hybridized carbons (Fsp3) is 0.421. The van der Waals surface area contributed by atoms with E-state index in [9.17, 15) is 18.7 Å². The monoisotopic (exact) mass is 421 g/mol. The Hall–Kier alpha value is -2.43. The number of rotatable bonds is 6. The lowest BCUT2D eigenvalue weighted by molar-refractivity contribution is 0.107. The molecule has 3 aromatic rings. The molecule has 1 unspecified atom stereocenters. The maximum atomic E-state index is 12.6. The largest absolute Gasteiger partial charge is 0.385 e. The van der Waals surface area contributed by atoms with Crippen molar-refractivity contribution in [2.45, 2.75) is 19.1 Å². The zero-order valence-corrected chi connectivity index (χ0v) is 16.4. The lowest BCUT2D eigenvalue weighted by Crippen LogP contribution is -2.47. The van der Waals surface area contributed by atoms with Crippen LogP contribution in [0.15, 0.2) is 40.2 Å². The third-order valence-corrected chi connectivity index (χ3v) is 5.71. The summed E-state index contributed by atoms with van der Waals surface area (Å²) in [5.41, 5.74) is 3.40. The highest BCUT2D eigenvalue weighted by atomic mass is 32.1. The quantitative estimate of drug-likeness (QED) is 0.656. The van der Waals surface area contributed by atoms with Crippen LogP contribution in [0.3, 0.4) is 0 Å². The van der Waals surface area contributed by atoms with Crippen molar-refractivity contribution in [1.82, 2.24) is 19.4 Å². The third kappa shape index (κ3) is 4.44. The van der Waals surface area contributed by atoms with E-state index in [1.165, 1.54) is 17.7 Å². The summed E-state index contributed by atoms with van der Waals surface area (Å²) in [4.78, 5) is 25.1. The van der Waals surface area contributed by atoms with E-state index >= 15 is 0 Å². The van der Waals surface area contributed by atoms with E-state index in [2.05, 4.69) is 19.8 Å². The first-order valence-corrected chi connectivity index (χ1v) is 10.3. The Morgan fingerprint density at radius 3 is 2.62 bits per heavy atom. The second kappa shape index (κ2) is 8.52. The standard InChI is InChI=1S/C19H21F2N5O2S/c20-18(21)9-26-11-22-15-7-13(1-2-14(15)19(26)28)25-5-3-24(4-6-25)8-17(27)16-10-29-12-23-16/h1-2,7,10-12,17-18,27H,3-6,8-9H2. The van der Waals surface area contributed by atoms with E-state index in [1.807, 2.05) is 17.5 Å². The minimum atomic E-state index is -2.60. The Bertz CT molecular complexity index is 1020. The lowest BCUT2D eigenvalue weighted by Gasteiger charge is -2.36. The molecule has 10 heteroatoms. The van der Waals surface area contributed by atoms with Crippen LogP contribution in [0.5, 0.6) is 0 Å².